The van der Waals surface area contributed by atoms with Crippen molar-refractivity contribution in [2.24, 2.45) is 5.73 Å². The third-order valence-electron chi connectivity index (χ3n) is 4.89. The van der Waals surface area contributed by atoms with E-state index in [-0.39, 0.29) is 18.0 Å². The topological polar surface area (TPSA) is 107 Å². The predicted octanol–water partition coefficient (Wildman–Crippen LogP) is 2.36. The number of carbonyl (C=O) groups excluding carboxylic acids is 2. The molecule has 0 aromatic carbocycles. The number of nitrogens with zero attached hydrogens (tertiary/aromatic N) is 2. The van der Waals surface area contributed by atoms with E-state index in [1.807, 2.05) is 13.8 Å². The van der Waals surface area contributed by atoms with Gasteiger partial charge in [-0.1, -0.05) is 0 Å². The van der Waals surface area contributed by atoms with E-state index in [1.54, 1.807) is 0 Å². The Morgan fingerprint density at radius 1 is 1.30 bits per heavy atom. The van der Waals surface area contributed by atoms with Gasteiger partial charge >= 0.3 is 0 Å². The van der Waals surface area contributed by atoms with E-state index in [0.717, 1.165) is 40.1 Å². The number of nitrogens with one attached hydrogen (secondary N) is 1. The Labute approximate surface area is 162 Å². The fourth-order valence-electron chi connectivity index (χ4n) is 3.46. The number of rotatable bonds is 4. The molecule has 0 atom stereocenters. The first kappa shape index (κ1) is 17.9. The second kappa shape index (κ2) is 6.58. The Hall–Kier alpha value is -2.52. The smallest absolute Gasteiger partial charge is 0.262 e. The number of anilines is 1. The van der Waals surface area contributed by atoms with Gasteiger partial charge in [-0.15, -0.1) is 22.7 Å². The van der Waals surface area contributed by atoms with Crippen molar-refractivity contribution in [2.75, 3.05) is 5.32 Å². The van der Waals surface area contributed by atoms with Crippen LogP contribution in [0.25, 0.3) is 10.2 Å². The van der Waals surface area contributed by atoms with Crippen LogP contribution in [0.5, 0.6) is 0 Å². The van der Waals surface area contributed by atoms with Gasteiger partial charge in [0.2, 0.25) is 5.91 Å². The second-order valence-corrected chi connectivity index (χ2v) is 8.92. The summed E-state index contributed by atoms with van der Waals surface area (Å²) < 4.78 is 1.29. The quantitative estimate of drug-likeness (QED) is 0.698. The highest BCUT2D eigenvalue weighted by molar-refractivity contribution is 7.18. The number of amides is 2. The van der Waals surface area contributed by atoms with E-state index >= 15 is 0 Å². The highest BCUT2D eigenvalue weighted by Crippen LogP contribution is 2.38. The number of nitrogens with two attached hydrogens (primary N) is 1. The molecule has 3 N–H and O–H groups in total. The summed E-state index contributed by atoms with van der Waals surface area (Å²) in [6.07, 6.45) is 4.09. The van der Waals surface area contributed by atoms with Gasteiger partial charge in [-0.3, -0.25) is 19.0 Å². The third kappa shape index (κ3) is 2.96. The van der Waals surface area contributed by atoms with Gasteiger partial charge in [0.25, 0.3) is 11.5 Å². The summed E-state index contributed by atoms with van der Waals surface area (Å²) in [6, 6.07) is 0. The van der Waals surface area contributed by atoms with E-state index in [1.165, 1.54) is 33.6 Å². The zero-order chi connectivity index (χ0) is 19.3. The van der Waals surface area contributed by atoms with Gasteiger partial charge in [0.15, 0.2) is 0 Å². The molecule has 140 valence electrons. The van der Waals surface area contributed by atoms with Gasteiger partial charge < -0.3 is 11.1 Å². The van der Waals surface area contributed by atoms with Crippen molar-refractivity contribution in [1.82, 2.24) is 9.55 Å². The Bertz CT molecular complexity index is 1160. The molecule has 9 heteroatoms. The second-order valence-electron chi connectivity index (χ2n) is 6.61. The molecule has 3 aromatic rings. The maximum atomic E-state index is 12.7. The lowest BCUT2D eigenvalue weighted by molar-refractivity contribution is -0.116. The highest BCUT2D eigenvalue weighted by atomic mass is 32.1. The molecule has 0 unspecified atom stereocenters. The maximum absolute atomic E-state index is 12.7. The average molecular weight is 403 g/mol. The van der Waals surface area contributed by atoms with E-state index < -0.39 is 5.91 Å². The van der Waals surface area contributed by atoms with Gasteiger partial charge in [-0.2, -0.15) is 0 Å². The third-order valence-corrected chi connectivity index (χ3v) is 7.21. The minimum absolute atomic E-state index is 0.170. The summed E-state index contributed by atoms with van der Waals surface area (Å²) >= 11 is 2.86. The molecule has 1 aliphatic carbocycles. The summed E-state index contributed by atoms with van der Waals surface area (Å²) in [5.74, 6) is -0.917. The van der Waals surface area contributed by atoms with Crippen LogP contribution >= 0.6 is 22.7 Å². The lowest BCUT2D eigenvalue weighted by Crippen LogP contribution is -2.28. The van der Waals surface area contributed by atoms with Crippen LogP contribution in [-0.4, -0.2) is 21.4 Å². The summed E-state index contributed by atoms with van der Waals surface area (Å²) in [5, 5.41) is 3.79. The van der Waals surface area contributed by atoms with Crippen molar-refractivity contribution in [2.45, 2.75) is 39.7 Å². The number of hydrogen-bond donors (Lipinski definition) is 2. The Morgan fingerprint density at radius 2 is 2.07 bits per heavy atom. The van der Waals surface area contributed by atoms with Gasteiger partial charge in [-0.05, 0) is 44.2 Å². The number of aryl methyl sites for hydroxylation is 3. The van der Waals surface area contributed by atoms with Crippen LogP contribution in [0.3, 0.4) is 0 Å². The van der Waals surface area contributed by atoms with E-state index in [0.29, 0.717) is 20.8 Å². The Morgan fingerprint density at radius 3 is 2.81 bits per heavy atom. The lowest BCUT2D eigenvalue weighted by atomic mass is 10.1. The van der Waals surface area contributed by atoms with Crippen molar-refractivity contribution in [3.05, 3.63) is 43.1 Å². The first-order chi connectivity index (χ1) is 12.9. The molecular weight excluding hydrogens is 384 g/mol. The number of primary amides is 1. The van der Waals surface area contributed by atoms with Crippen molar-refractivity contribution in [3.63, 3.8) is 0 Å². The molecule has 0 spiro atoms. The fourth-order valence-corrected chi connectivity index (χ4v) is 5.75. The molecular formula is C18H18N4O3S2. The standard InChI is InChI=1S/C18H18N4O3S2/c1-8-9(2)26-16-13(8)18(25)22(7-20-16)6-12(23)21-17-14(15(19)24)10-4-3-5-11(10)27-17/h7H,3-6H2,1-2H3,(H2,19,24)(H,21,23). The molecule has 0 radical (unpaired) electrons. The SMILES string of the molecule is Cc1sc2ncn(CC(=O)Nc3sc4c(c3C(N)=O)CCC4)c(=O)c2c1C. The van der Waals surface area contributed by atoms with E-state index in [9.17, 15) is 14.4 Å². The van der Waals surface area contributed by atoms with Crippen molar-refractivity contribution in [1.29, 1.82) is 0 Å². The number of hydrogen-bond acceptors (Lipinski definition) is 6. The Balaban J connectivity index is 1.62. The summed E-state index contributed by atoms with van der Waals surface area (Å²) in [6.45, 7) is 3.66. The largest absolute Gasteiger partial charge is 0.365 e. The average Bonchev–Trinajstić information content (AvgIpc) is 3.24. The van der Waals surface area contributed by atoms with Crippen LogP contribution in [0.2, 0.25) is 0 Å². The van der Waals surface area contributed by atoms with Crippen molar-refractivity contribution in [3.8, 4) is 0 Å². The zero-order valence-corrected chi connectivity index (χ0v) is 16.6. The first-order valence-corrected chi connectivity index (χ1v) is 10.2. The van der Waals surface area contributed by atoms with E-state index in [2.05, 4.69) is 10.3 Å². The minimum Gasteiger partial charge on any atom is -0.365 e. The molecule has 1 aliphatic rings. The molecule has 3 aromatic heterocycles. The van der Waals surface area contributed by atoms with Crippen molar-refractivity contribution >= 4 is 49.7 Å². The van der Waals surface area contributed by atoms with Gasteiger partial charge in [0.05, 0.1) is 17.3 Å². The lowest BCUT2D eigenvalue weighted by Gasteiger charge is -2.08. The first-order valence-electron chi connectivity index (χ1n) is 8.56. The number of aromatic nitrogens is 2. The molecule has 0 saturated carbocycles. The zero-order valence-electron chi connectivity index (χ0n) is 14.9. The van der Waals surface area contributed by atoms with Crippen LogP contribution in [0, 0.1) is 13.8 Å². The molecule has 27 heavy (non-hydrogen) atoms. The van der Waals surface area contributed by atoms with E-state index in [4.69, 9.17) is 5.73 Å². The fraction of sp³-hybridized carbons (Fsp3) is 0.333. The highest BCUT2D eigenvalue weighted by Gasteiger charge is 2.26. The van der Waals surface area contributed by atoms with Crippen LogP contribution in [0.15, 0.2) is 11.1 Å². The minimum atomic E-state index is -0.533. The van der Waals surface area contributed by atoms with Crippen molar-refractivity contribution < 1.29 is 9.59 Å². The van der Waals surface area contributed by atoms with Gasteiger partial charge in [0.1, 0.15) is 16.4 Å². The maximum Gasteiger partial charge on any atom is 0.262 e. The number of thiophene rings is 2. The van der Waals surface area contributed by atoms with Crippen LogP contribution in [-0.2, 0) is 24.2 Å². The number of carbonyl (C=O) groups is 2. The van der Waals surface area contributed by atoms with Gasteiger partial charge in [0, 0.05) is 9.75 Å². The molecule has 0 fully saturated rings. The summed E-state index contributed by atoms with van der Waals surface area (Å²) in [5.41, 5.74) is 7.54. The van der Waals surface area contributed by atoms with Crippen LogP contribution in [0.4, 0.5) is 5.00 Å². The van der Waals surface area contributed by atoms with Crippen LogP contribution < -0.4 is 16.6 Å². The molecule has 4 rings (SSSR count). The normalized spacial score (nSPS) is 13.1. The molecule has 0 bridgehead atoms. The summed E-state index contributed by atoms with van der Waals surface area (Å²) in [7, 11) is 0. The Kier molecular flexibility index (Phi) is 4.35. The molecule has 2 amide bonds. The van der Waals surface area contributed by atoms with Gasteiger partial charge in [-0.25, -0.2) is 4.98 Å². The summed E-state index contributed by atoms with van der Waals surface area (Å²) in [4.78, 5) is 44.2. The molecule has 7 nitrogen and oxygen atoms in total. The molecule has 0 saturated heterocycles. The molecule has 3 heterocycles. The van der Waals surface area contributed by atoms with Crippen LogP contribution in [0.1, 0.15) is 37.7 Å². The number of fused-ring (bicyclic) bond motifs is 2. The molecule has 0 aliphatic heterocycles. The predicted molar refractivity (Wildman–Crippen MR) is 107 cm³/mol. The monoisotopic (exact) mass is 402 g/mol.